The van der Waals surface area contributed by atoms with Gasteiger partial charge in [-0.05, 0) is 30.0 Å². The van der Waals surface area contributed by atoms with Crippen molar-refractivity contribution in [3.63, 3.8) is 0 Å². The summed E-state index contributed by atoms with van der Waals surface area (Å²) in [7, 11) is 1.87. The molecule has 1 heterocycles. The molecule has 0 amide bonds. The molecule has 2 N–H and O–H groups in total. The maximum atomic E-state index is 8.85. The van der Waals surface area contributed by atoms with Gasteiger partial charge in [-0.15, -0.1) is 10.2 Å². The van der Waals surface area contributed by atoms with E-state index in [-0.39, 0.29) is 0 Å². The molecule has 2 aromatic rings. The summed E-state index contributed by atoms with van der Waals surface area (Å²) in [6.45, 7) is 0. The van der Waals surface area contributed by atoms with Crippen LogP contribution in [0.2, 0.25) is 0 Å². The van der Waals surface area contributed by atoms with E-state index >= 15 is 0 Å². The van der Waals surface area contributed by atoms with E-state index in [4.69, 9.17) is 11.0 Å². The molecule has 0 spiro atoms. The fourth-order valence-corrected chi connectivity index (χ4v) is 1.97. The third-order valence-electron chi connectivity index (χ3n) is 2.02. The molecule has 2 rings (SSSR count). The molecule has 16 heavy (non-hydrogen) atoms. The summed E-state index contributed by atoms with van der Waals surface area (Å²) in [5, 5.41) is 17.4. The van der Waals surface area contributed by atoms with Crippen molar-refractivity contribution in [1.29, 1.82) is 5.26 Å². The molecule has 0 aliphatic heterocycles. The van der Waals surface area contributed by atoms with E-state index in [0.29, 0.717) is 11.3 Å². The quantitative estimate of drug-likeness (QED) is 0.790. The van der Waals surface area contributed by atoms with Crippen molar-refractivity contribution in [3.8, 4) is 6.07 Å². The van der Waals surface area contributed by atoms with E-state index in [1.165, 1.54) is 11.8 Å². The Hall–Kier alpha value is -2.00. The van der Waals surface area contributed by atoms with Crippen LogP contribution in [-0.4, -0.2) is 14.8 Å². The van der Waals surface area contributed by atoms with E-state index in [9.17, 15) is 0 Å². The minimum atomic E-state index is 0.479. The standard InChI is InChI=1S/C10H9N5S/c1-15-6-13-14-10(15)16-8-2-3-9(12)7(4-8)5-11/h2-4,6H,12H2,1H3. The highest BCUT2D eigenvalue weighted by Crippen LogP contribution is 2.27. The lowest BCUT2D eigenvalue weighted by Crippen LogP contribution is -1.91. The van der Waals surface area contributed by atoms with Gasteiger partial charge in [0.2, 0.25) is 0 Å². The van der Waals surface area contributed by atoms with Gasteiger partial charge >= 0.3 is 0 Å². The topological polar surface area (TPSA) is 80.5 Å². The average molecular weight is 231 g/mol. The van der Waals surface area contributed by atoms with Crippen LogP contribution in [0.4, 0.5) is 5.69 Å². The maximum Gasteiger partial charge on any atom is 0.195 e. The predicted octanol–water partition coefficient (Wildman–Crippen LogP) is 1.42. The zero-order valence-electron chi connectivity index (χ0n) is 8.58. The minimum Gasteiger partial charge on any atom is -0.398 e. The van der Waals surface area contributed by atoms with E-state index in [1.807, 2.05) is 23.8 Å². The molecule has 0 atom stereocenters. The molecule has 0 aliphatic carbocycles. The number of nitrogen functional groups attached to an aromatic ring is 1. The van der Waals surface area contributed by atoms with Gasteiger partial charge < -0.3 is 10.3 Å². The van der Waals surface area contributed by atoms with Crippen LogP contribution < -0.4 is 5.73 Å². The van der Waals surface area contributed by atoms with Gasteiger partial charge in [0.25, 0.3) is 0 Å². The van der Waals surface area contributed by atoms with Gasteiger partial charge in [-0.1, -0.05) is 0 Å². The van der Waals surface area contributed by atoms with Crippen LogP contribution in [0.5, 0.6) is 0 Å². The van der Waals surface area contributed by atoms with Crippen LogP contribution >= 0.6 is 11.8 Å². The number of nitrogens with two attached hydrogens (primary N) is 1. The Morgan fingerprint density at radius 1 is 1.50 bits per heavy atom. The van der Waals surface area contributed by atoms with Gasteiger partial charge in [0.15, 0.2) is 5.16 Å². The van der Waals surface area contributed by atoms with Crippen molar-refractivity contribution >= 4 is 17.4 Å². The van der Waals surface area contributed by atoms with Crippen LogP contribution in [-0.2, 0) is 7.05 Å². The number of rotatable bonds is 2. The van der Waals surface area contributed by atoms with Gasteiger partial charge in [0.1, 0.15) is 12.4 Å². The highest BCUT2D eigenvalue weighted by Gasteiger charge is 2.05. The van der Waals surface area contributed by atoms with Crippen molar-refractivity contribution in [2.75, 3.05) is 5.73 Å². The number of hydrogen-bond donors (Lipinski definition) is 1. The van der Waals surface area contributed by atoms with Crippen LogP contribution in [0.25, 0.3) is 0 Å². The number of hydrogen-bond acceptors (Lipinski definition) is 5. The van der Waals surface area contributed by atoms with Gasteiger partial charge in [-0.25, -0.2) is 0 Å². The average Bonchev–Trinajstić information content (AvgIpc) is 2.67. The first-order valence-corrected chi connectivity index (χ1v) is 5.34. The normalized spacial score (nSPS) is 10.0. The highest BCUT2D eigenvalue weighted by molar-refractivity contribution is 7.99. The molecule has 0 unspecified atom stereocenters. The second-order valence-electron chi connectivity index (χ2n) is 3.19. The molecule has 80 valence electrons. The molecule has 0 saturated heterocycles. The van der Waals surface area contributed by atoms with Gasteiger partial charge in [-0.3, -0.25) is 0 Å². The second kappa shape index (κ2) is 4.24. The Morgan fingerprint density at radius 2 is 2.31 bits per heavy atom. The van der Waals surface area contributed by atoms with E-state index < -0.39 is 0 Å². The number of anilines is 1. The first-order valence-electron chi connectivity index (χ1n) is 4.52. The monoisotopic (exact) mass is 231 g/mol. The van der Waals surface area contributed by atoms with Crippen molar-refractivity contribution < 1.29 is 0 Å². The van der Waals surface area contributed by atoms with Crippen molar-refractivity contribution in [3.05, 3.63) is 30.1 Å². The van der Waals surface area contributed by atoms with Crippen LogP contribution in [0.1, 0.15) is 5.56 Å². The minimum absolute atomic E-state index is 0.479. The van der Waals surface area contributed by atoms with Crippen LogP contribution in [0, 0.1) is 11.3 Å². The van der Waals surface area contributed by atoms with E-state index in [2.05, 4.69) is 10.2 Å². The zero-order valence-corrected chi connectivity index (χ0v) is 9.40. The maximum absolute atomic E-state index is 8.85. The lowest BCUT2D eigenvalue weighted by Gasteiger charge is -2.02. The predicted molar refractivity (Wildman–Crippen MR) is 60.7 cm³/mol. The molecule has 1 aromatic heterocycles. The Bertz CT molecular complexity index is 555. The molecule has 0 radical (unpaired) electrons. The summed E-state index contributed by atoms with van der Waals surface area (Å²) in [5.41, 5.74) is 6.61. The fraction of sp³-hybridized carbons (Fsp3) is 0.100. The molecule has 6 heteroatoms. The summed E-state index contributed by atoms with van der Waals surface area (Å²) >= 11 is 1.44. The Balaban J connectivity index is 2.30. The van der Waals surface area contributed by atoms with Crippen LogP contribution in [0.15, 0.2) is 34.6 Å². The Kier molecular flexibility index (Phi) is 2.79. The molecule has 0 saturated carbocycles. The van der Waals surface area contributed by atoms with E-state index in [0.717, 1.165) is 10.1 Å². The fourth-order valence-electron chi connectivity index (χ4n) is 1.17. The SMILES string of the molecule is Cn1cnnc1Sc1ccc(N)c(C#N)c1. The third-order valence-corrected chi connectivity index (χ3v) is 3.07. The number of aryl methyl sites for hydroxylation is 1. The lowest BCUT2D eigenvalue weighted by molar-refractivity contribution is 0.788. The molecular weight excluding hydrogens is 222 g/mol. The lowest BCUT2D eigenvalue weighted by atomic mass is 10.2. The van der Waals surface area contributed by atoms with E-state index in [1.54, 1.807) is 18.5 Å². The summed E-state index contributed by atoms with van der Waals surface area (Å²) < 4.78 is 1.81. The van der Waals surface area contributed by atoms with Crippen LogP contribution in [0.3, 0.4) is 0 Å². The molecule has 0 fully saturated rings. The number of nitrogens with zero attached hydrogens (tertiary/aromatic N) is 4. The Morgan fingerprint density at radius 3 is 2.94 bits per heavy atom. The Labute approximate surface area is 96.9 Å². The zero-order chi connectivity index (χ0) is 11.5. The van der Waals surface area contributed by atoms with Gasteiger partial charge in [-0.2, -0.15) is 5.26 Å². The van der Waals surface area contributed by atoms with Crippen molar-refractivity contribution in [1.82, 2.24) is 14.8 Å². The summed E-state index contributed by atoms with van der Waals surface area (Å²) in [6.07, 6.45) is 1.63. The molecule has 0 aliphatic rings. The molecule has 1 aromatic carbocycles. The summed E-state index contributed by atoms with van der Waals surface area (Å²) in [4.78, 5) is 0.918. The summed E-state index contributed by atoms with van der Waals surface area (Å²) in [5.74, 6) is 0. The summed E-state index contributed by atoms with van der Waals surface area (Å²) in [6, 6.07) is 7.37. The van der Waals surface area contributed by atoms with Crippen molar-refractivity contribution in [2.24, 2.45) is 7.05 Å². The van der Waals surface area contributed by atoms with Crippen molar-refractivity contribution in [2.45, 2.75) is 10.1 Å². The number of nitriles is 1. The largest absolute Gasteiger partial charge is 0.398 e. The first-order chi connectivity index (χ1) is 7.70. The van der Waals surface area contributed by atoms with Gasteiger partial charge in [0, 0.05) is 17.6 Å². The molecule has 0 bridgehead atoms. The molecule has 5 nitrogen and oxygen atoms in total. The highest BCUT2D eigenvalue weighted by atomic mass is 32.2. The number of benzene rings is 1. The van der Waals surface area contributed by atoms with Gasteiger partial charge in [0.05, 0.1) is 5.56 Å². The smallest absolute Gasteiger partial charge is 0.195 e. The molecular formula is C10H9N5S. The number of aromatic nitrogens is 3. The second-order valence-corrected chi connectivity index (χ2v) is 4.23. The first kappa shape index (κ1) is 10.5. The third kappa shape index (κ3) is 1.99.